The Bertz CT molecular complexity index is 410. The Morgan fingerprint density at radius 1 is 1.24 bits per heavy atom. The van der Waals surface area contributed by atoms with Crippen LogP contribution in [0.2, 0.25) is 0 Å². The van der Waals surface area contributed by atoms with Crippen molar-refractivity contribution in [1.82, 2.24) is 5.32 Å². The third-order valence-corrected chi connectivity index (χ3v) is 4.39. The molecule has 3 nitrogen and oxygen atoms in total. The topological polar surface area (TPSA) is 30.5 Å². The van der Waals surface area contributed by atoms with Crippen LogP contribution in [0.3, 0.4) is 0 Å². The van der Waals surface area contributed by atoms with Crippen LogP contribution in [0.15, 0.2) is 24.3 Å². The molecule has 1 atom stereocenters. The molecular formula is C18H29NO2. The van der Waals surface area contributed by atoms with Crippen molar-refractivity contribution >= 4 is 0 Å². The lowest BCUT2D eigenvalue weighted by Crippen LogP contribution is -2.37. The van der Waals surface area contributed by atoms with Gasteiger partial charge in [-0.2, -0.15) is 0 Å². The number of nitrogens with one attached hydrogen (secondary N) is 1. The summed E-state index contributed by atoms with van der Waals surface area (Å²) in [7, 11) is 0. The first-order valence-electron chi connectivity index (χ1n) is 8.17. The van der Waals surface area contributed by atoms with E-state index in [1.165, 1.54) is 5.56 Å². The Balaban J connectivity index is 1.83. The molecule has 2 rings (SSSR count). The van der Waals surface area contributed by atoms with Gasteiger partial charge in [0.25, 0.3) is 0 Å². The van der Waals surface area contributed by atoms with E-state index in [1.54, 1.807) is 0 Å². The lowest BCUT2D eigenvalue weighted by atomic mass is 9.82. The lowest BCUT2D eigenvalue weighted by molar-refractivity contribution is 0.0231. The number of ether oxygens (including phenoxy) is 2. The first kappa shape index (κ1) is 16.3. The molecule has 0 spiro atoms. The third kappa shape index (κ3) is 5.01. The van der Waals surface area contributed by atoms with Gasteiger partial charge in [-0.05, 0) is 49.3 Å². The first-order chi connectivity index (χ1) is 10.1. The molecule has 1 aliphatic rings. The fraction of sp³-hybridized carbons (Fsp3) is 0.667. The zero-order valence-corrected chi connectivity index (χ0v) is 13.7. The van der Waals surface area contributed by atoms with Crippen molar-refractivity contribution in [1.29, 1.82) is 0 Å². The molecule has 21 heavy (non-hydrogen) atoms. The summed E-state index contributed by atoms with van der Waals surface area (Å²) >= 11 is 0. The molecule has 1 saturated heterocycles. The maximum absolute atomic E-state index is 5.63. The van der Waals surface area contributed by atoms with Crippen LogP contribution in [0.4, 0.5) is 0 Å². The van der Waals surface area contributed by atoms with Crippen LogP contribution in [0.25, 0.3) is 0 Å². The van der Waals surface area contributed by atoms with Crippen molar-refractivity contribution in [3.63, 3.8) is 0 Å². The fourth-order valence-corrected chi connectivity index (χ4v) is 2.63. The minimum absolute atomic E-state index is 0.366. The number of benzene rings is 1. The number of hydrogen-bond acceptors (Lipinski definition) is 3. The third-order valence-electron chi connectivity index (χ3n) is 4.39. The smallest absolute Gasteiger partial charge is 0.119 e. The van der Waals surface area contributed by atoms with Gasteiger partial charge >= 0.3 is 0 Å². The fourth-order valence-electron chi connectivity index (χ4n) is 2.63. The summed E-state index contributed by atoms with van der Waals surface area (Å²) in [6.07, 6.45) is 3.34. The van der Waals surface area contributed by atoms with E-state index in [2.05, 4.69) is 50.4 Å². The van der Waals surface area contributed by atoms with Gasteiger partial charge in [-0.3, -0.25) is 0 Å². The summed E-state index contributed by atoms with van der Waals surface area (Å²) in [6.45, 7) is 10.3. The van der Waals surface area contributed by atoms with Gasteiger partial charge in [-0.1, -0.05) is 26.0 Å². The normalized spacial score (nSPS) is 19.2. The summed E-state index contributed by atoms with van der Waals surface area (Å²) in [5.74, 6) is 0.962. The van der Waals surface area contributed by atoms with E-state index >= 15 is 0 Å². The minimum Gasteiger partial charge on any atom is -0.494 e. The van der Waals surface area contributed by atoms with Crippen molar-refractivity contribution in [3.8, 4) is 5.75 Å². The minimum atomic E-state index is 0.366. The van der Waals surface area contributed by atoms with E-state index in [0.717, 1.165) is 51.4 Å². The highest BCUT2D eigenvalue weighted by Gasteiger charge is 2.27. The van der Waals surface area contributed by atoms with E-state index in [4.69, 9.17) is 9.47 Å². The van der Waals surface area contributed by atoms with Crippen molar-refractivity contribution in [2.45, 2.75) is 46.1 Å². The molecule has 1 fully saturated rings. The van der Waals surface area contributed by atoms with Crippen LogP contribution in [-0.4, -0.2) is 26.4 Å². The van der Waals surface area contributed by atoms with E-state index in [9.17, 15) is 0 Å². The van der Waals surface area contributed by atoms with Gasteiger partial charge in [0.15, 0.2) is 0 Å². The Morgan fingerprint density at radius 2 is 1.90 bits per heavy atom. The summed E-state index contributed by atoms with van der Waals surface area (Å²) in [6, 6.07) is 8.83. The van der Waals surface area contributed by atoms with E-state index in [1.807, 2.05) is 0 Å². The average Bonchev–Trinajstić information content (AvgIpc) is 2.52. The van der Waals surface area contributed by atoms with E-state index in [-0.39, 0.29) is 0 Å². The Labute approximate surface area is 129 Å². The summed E-state index contributed by atoms with van der Waals surface area (Å²) in [5, 5.41) is 3.68. The molecule has 0 saturated carbocycles. The molecular weight excluding hydrogens is 262 g/mol. The van der Waals surface area contributed by atoms with Crippen molar-refractivity contribution in [2.24, 2.45) is 5.41 Å². The molecule has 1 aromatic carbocycles. The van der Waals surface area contributed by atoms with Crippen LogP contribution in [0.1, 0.15) is 51.6 Å². The molecule has 0 amide bonds. The molecule has 0 aliphatic carbocycles. The second-order valence-corrected chi connectivity index (χ2v) is 6.44. The highest BCUT2D eigenvalue weighted by atomic mass is 16.5. The largest absolute Gasteiger partial charge is 0.494 e. The van der Waals surface area contributed by atoms with Gasteiger partial charge in [0.05, 0.1) is 6.61 Å². The average molecular weight is 291 g/mol. The predicted molar refractivity (Wildman–Crippen MR) is 86.8 cm³/mol. The van der Waals surface area contributed by atoms with Crippen LogP contribution in [-0.2, 0) is 4.74 Å². The standard InChI is InChI=1S/C18H29NO2/c1-4-11-21-17-7-5-16(6-8-17)15(2)19-14-18(3)9-12-20-13-10-18/h5-8,15,19H,4,9-14H2,1-3H3. The van der Waals surface area contributed by atoms with Gasteiger partial charge in [0.1, 0.15) is 5.75 Å². The molecule has 0 radical (unpaired) electrons. The highest BCUT2D eigenvalue weighted by molar-refractivity contribution is 5.28. The molecule has 1 N–H and O–H groups in total. The molecule has 1 aromatic rings. The van der Waals surface area contributed by atoms with Crippen molar-refractivity contribution in [2.75, 3.05) is 26.4 Å². The second-order valence-electron chi connectivity index (χ2n) is 6.44. The predicted octanol–water partition coefficient (Wildman–Crippen LogP) is 3.94. The SMILES string of the molecule is CCCOc1ccc(C(C)NCC2(C)CCOCC2)cc1. The van der Waals surface area contributed by atoms with Gasteiger partial charge in [-0.15, -0.1) is 0 Å². The molecule has 3 heteroatoms. The number of hydrogen-bond donors (Lipinski definition) is 1. The summed E-state index contributed by atoms with van der Waals surface area (Å²) < 4.78 is 11.1. The molecule has 1 aliphatic heterocycles. The summed E-state index contributed by atoms with van der Waals surface area (Å²) in [5.41, 5.74) is 1.69. The second kappa shape index (κ2) is 7.81. The van der Waals surface area contributed by atoms with Crippen LogP contribution in [0, 0.1) is 5.41 Å². The Kier molecular flexibility index (Phi) is 6.07. The van der Waals surface area contributed by atoms with Gasteiger partial charge in [-0.25, -0.2) is 0 Å². The Hall–Kier alpha value is -1.06. The first-order valence-corrected chi connectivity index (χ1v) is 8.17. The maximum Gasteiger partial charge on any atom is 0.119 e. The molecule has 0 aromatic heterocycles. The van der Waals surface area contributed by atoms with E-state index in [0.29, 0.717) is 11.5 Å². The monoisotopic (exact) mass is 291 g/mol. The van der Waals surface area contributed by atoms with Gasteiger partial charge in [0, 0.05) is 25.8 Å². The summed E-state index contributed by atoms with van der Waals surface area (Å²) in [4.78, 5) is 0. The molecule has 118 valence electrons. The quantitative estimate of drug-likeness (QED) is 0.825. The van der Waals surface area contributed by atoms with Crippen molar-refractivity contribution in [3.05, 3.63) is 29.8 Å². The lowest BCUT2D eigenvalue weighted by Gasteiger charge is -2.34. The van der Waals surface area contributed by atoms with Crippen LogP contribution in [0.5, 0.6) is 5.75 Å². The zero-order valence-electron chi connectivity index (χ0n) is 13.7. The van der Waals surface area contributed by atoms with Gasteiger partial charge < -0.3 is 14.8 Å². The number of rotatable bonds is 7. The molecule has 0 bridgehead atoms. The van der Waals surface area contributed by atoms with E-state index < -0.39 is 0 Å². The molecule has 1 unspecified atom stereocenters. The maximum atomic E-state index is 5.63. The highest BCUT2D eigenvalue weighted by Crippen LogP contribution is 2.29. The van der Waals surface area contributed by atoms with Crippen LogP contribution < -0.4 is 10.1 Å². The van der Waals surface area contributed by atoms with Crippen molar-refractivity contribution < 1.29 is 9.47 Å². The zero-order chi connectivity index (χ0) is 15.1. The Morgan fingerprint density at radius 3 is 2.52 bits per heavy atom. The molecule has 1 heterocycles. The van der Waals surface area contributed by atoms with Gasteiger partial charge in [0.2, 0.25) is 0 Å². The van der Waals surface area contributed by atoms with Crippen LogP contribution >= 0.6 is 0 Å².